The van der Waals surface area contributed by atoms with E-state index in [4.69, 9.17) is 4.74 Å². The maximum absolute atomic E-state index is 13.6. The second kappa shape index (κ2) is 9.04. The van der Waals surface area contributed by atoms with Crippen molar-refractivity contribution in [2.75, 3.05) is 11.9 Å². The smallest absolute Gasteiger partial charge is 0.306 e. The summed E-state index contributed by atoms with van der Waals surface area (Å²) in [6.07, 6.45) is -0.812. The number of carbonyl (C=O) groups excluding carboxylic acids is 2. The maximum atomic E-state index is 13.6. The third-order valence-electron chi connectivity index (χ3n) is 4.28. The molecule has 8 nitrogen and oxygen atoms in total. The van der Waals surface area contributed by atoms with E-state index in [0.717, 1.165) is 0 Å². The molecule has 0 fully saturated rings. The normalized spacial score (nSPS) is 16.4. The fraction of sp³-hybridized carbons (Fsp3) is 0.250. The molecule has 30 heavy (non-hydrogen) atoms. The summed E-state index contributed by atoms with van der Waals surface area (Å²) in [5.41, 5.74) is 0.485. The first-order valence-electron chi connectivity index (χ1n) is 9.19. The van der Waals surface area contributed by atoms with Gasteiger partial charge in [-0.25, -0.2) is 12.8 Å². The monoisotopic (exact) mass is 433 g/mol. The lowest BCUT2D eigenvalue weighted by Gasteiger charge is -2.13. The number of anilines is 1. The van der Waals surface area contributed by atoms with Gasteiger partial charge in [0, 0.05) is 18.5 Å². The fourth-order valence-corrected chi connectivity index (χ4v) is 4.02. The van der Waals surface area contributed by atoms with E-state index >= 15 is 0 Å². The van der Waals surface area contributed by atoms with Crippen molar-refractivity contribution in [3.63, 3.8) is 0 Å². The van der Waals surface area contributed by atoms with Gasteiger partial charge in [0.2, 0.25) is 0 Å². The number of fused-ring (bicyclic) bond motifs is 1. The summed E-state index contributed by atoms with van der Waals surface area (Å²) in [4.78, 5) is 28.4. The van der Waals surface area contributed by atoms with Crippen molar-refractivity contribution in [3.05, 3.63) is 59.9 Å². The first kappa shape index (κ1) is 21.4. The lowest BCUT2D eigenvalue weighted by atomic mass is 10.2. The molecule has 10 heteroatoms. The van der Waals surface area contributed by atoms with Crippen molar-refractivity contribution < 1.29 is 27.1 Å². The molecule has 3 rings (SSSR count). The third-order valence-corrected chi connectivity index (χ3v) is 5.68. The van der Waals surface area contributed by atoms with Crippen LogP contribution in [0, 0.1) is 5.82 Å². The van der Waals surface area contributed by atoms with Crippen LogP contribution in [0.3, 0.4) is 0 Å². The summed E-state index contributed by atoms with van der Waals surface area (Å²) in [5, 5.41) is 2.36. The van der Waals surface area contributed by atoms with Gasteiger partial charge in [0.15, 0.2) is 6.10 Å². The molecule has 158 valence electrons. The van der Waals surface area contributed by atoms with E-state index in [-0.39, 0.29) is 29.4 Å². The Balaban J connectivity index is 1.47. The van der Waals surface area contributed by atoms with Crippen LogP contribution in [0.2, 0.25) is 0 Å². The first-order chi connectivity index (χ1) is 14.3. The minimum atomic E-state index is -3.61. The molecule has 0 aromatic heterocycles. The van der Waals surface area contributed by atoms with Gasteiger partial charge in [0.05, 0.1) is 10.6 Å². The van der Waals surface area contributed by atoms with Gasteiger partial charge in [0.1, 0.15) is 11.7 Å². The molecule has 0 radical (unpaired) electrons. The summed E-state index contributed by atoms with van der Waals surface area (Å²) in [6.45, 7) is 1.58. The Morgan fingerprint density at radius 3 is 2.63 bits per heavy atom. The number of nitrogens with zero attached hydrogens (tertiary/aromatic N) is 1. The molecule has 0 saturated carbocycles. The predicted octanol–water partition coefficient (Wildman–Crippen LogP) is 2.21. The van der Waals surface area contributed by atoms with E-state index < -0.39 is 33.8 Å². The molecule has 2 aromatic rings. The number of benzene rings is 2. The molecule has 0 unspecified atom stereocenters. The minimum Gasteiger partial charge on any atom is -0.453 e. The number of para-hydroxylation sites is 1. The average molecular weight is 433 g/mol. The number of sulfonamides is 1. The standard InChI is InChI=1S/C20H20FN3O5S/c1-13(20(26)23-16-9-4-3-8-15(16)21)29-18(25)11-6-12-22-19-14-7-2-5-10-17(14)30(27,28)24-19/h2-5,7-10,13H,6,11-12H2,1H3,(H,22,24)(H,23,26)/t13-/m1/s1. The van der Waals surface area contributed by atoms with E-state index in [9.17, 15) is 22.4 Å². The molecule has 0 spiro atoms. The summed E-state index contributed by atoms with van der Waals surface area (Å²) >= 11 is 0. The zero-order valence-corrected chi connectivity index (χ0v) is 16.9. The molecule has 2 N–H and O–H groups in total. The Morgan fingerprint density at radius 1 is 1.17 bits per heavy atom. The van der Waals surface area contributed by atoms with Gasteiger partial charge in [-0.05, 0) is 37.6 Å². The van der Waals surface area contributed by atoms with Gasteiger partial charge in [-0.15, -0.1) is 0 Å². The summed E-state index contributed by atoms with van der Waals surface area (Å²) in [5.74, 6) is -1.62. The number of amidine groups is 1. The van der Waals surface area contributed by atoms with Gasteiger partial charge in [-0.3, -0.25) is 19.3 Å². The molecule has 2 aromatic carbocycles. The minimum absolute atomic E-state index is 0.000482. The van der Waals surface area contributed by atoms with E-state index in [1.807, 2.05) is 0 Å². The van der Waals surface area contributed by atoms with Gasteiger partial charge in [-0.1, -0.05) is 24.3 Å². The summed E-state index contributed by atoms with van der Waals surface area (Å²) < 4.78 is 45.0. The maximum Gasteiger partial charge on any atom is 0.306 e. The Morgan fingerprint density at radius 2 is 1.87 bits per heavy atom. The highest BCUT2D eigenvalue weighted by atomic mass is 32.2. The topological polar surface area (TPSA) is 114 Å². The number of hydrogen-bond acceptors (Lipinski definition) is 6. The first-order valence-corrected chi connectivity index (χ1v) is 10.7. The molecular weight excluding hydrogens is 413 g/mol. The number of halogens is 1. The van der Waals surface area contributed by atoms with Gasteiger partial charge in [0.25, 0.3) is 15.9 Å². The molecule has 0 saturated heterocycles. The molecule has 1 aliphatic rings. The largest absolute Gasteiger partial charge is 0.453 e. The lowest BCUT2D eigenvalue weighted by molar-refractivity contribution is -0.153. The number of carbonyl (C=O) groups is 2. The highest BCUT2D eigenvalue weighted by Crippen LogP contribution is 2.22. The van der Waals surface area contributed by atoms with Crippen molar-refractivity contribution in [1.82, 2.24) is 4.72 Å². The van der Waals surface area contributed by atoms with Crippen molar-refractivity contribution >= 4 is 33.4 Å². The second-order valence-electron chi connectivity index (χ2n) is 6.54. The fourth-order valence-electron chi connectivity index (χ4n) is 2.77. The molecule has 1 amide bonds. The Bertz CT molecular complexity index is 1100. The Kier molecular flexibility index (Phi) is 6.46. The van der Waals surface area contributed by atoms with Crippen LogP contribution in [0.15, 0.2) is 58.4 Å². The number of aliphatic imine (C=N–C) groups is 1. The number of esters is 1. The predicted molar refractivity (Wildman–Crippen MR) is 108 cm³/mol. The van der Waals surface area contributed by atoms with Crippen LogP contribution in [-0.4, -0.2) is 38.8 Å². The van der Waals surface area contributed by atoms with Gasteiger partial charge < -0.3 is 10.1 Å². The van der Waals surface area contributed by atoms with Crippen LogP contribution in [0.4, 0.5) is 10.1 Å². The Labute approximate surface area is 173 Å². The number of rotatable bonds is 7. The van der Waals surface area contributed by atoms with Crippen LogP contribution in [0.25, 0.3) is 0 Å². The third kappa shape index (κ3) is 5.01. The van der Waals surface area contributed by atoms with Crippen LogP contribution >= 0.6 is 0 Å². The number of hydrogen-bond donors (Lipinski definition) is 2. The highest BCUT2D eigenvalue weighted by molar-refractivity contribution is 7.90. The van der Waals surface area contributed by atoms with Crippen molar-refractivity contribution in [3.8, 4) is 0 Å². The molecule has 1 heterocycles. The number of amides is 1. The molecular formula is C20H20FN3O5S. The van der Waals surface area contributed by atoms with E-state index in [2.05, 4.69) is 15.0 Å². The zero-order valence-electron chi connectivity index (χ0n) is 16.1. The number of ether oxygens (including phenoxy) is 1. The lowest BCUT2D eigenvalue weighted by Crippen LogP contribution is -2.30. The second-order valence-corrected chi connectivity index (χ2v) is 8.19. The van der Waals surface area contributed by atoms with Crippen molar-refractivity contribution in [2.45, 2.75) is 30.8 Å². The highest BCUT2D eigenvalue weighted by Gasteiger charge is 2.29. The molecule has 1 atom stereocenters. The average Bonchev–Trinajstić information content (AvgIpc) is 2.97. The Hall–Kier alpha value is -3.27. The summed E-state index contributed by atoms with van der Waals surface area (Å²) in [6, 6.07) is 12.1. The van der Waals surface area contributed by atoms with Gasteiger partial charge >= 0.3 is 5.97 Å². The van der Waals surface area contributed by atoms with Crippen LogP contribution in [0.1, 0.15) is 25.3 Å². The molecule has 0 aliphatic carbocycles. The van der Waals surface area contributed by atoms with Gasteiger partial charge in [-0.2, -0.15) is 0 Å². The quantitative estimate of drug-likeness (QED) is 0.513. The van der Waals surface area contributed by atoms with E-state index in [0.29, 0.717) is 12.0 Å². The van der Waals surface area contributed by atoms with Crippen molar-refractivity contribution in [1.29, 1.82) is 0 Å². The zero-order chi connectivity index (χ0) is 21.7. The van der Waals surface area contributed by atoms with Crippen LogP contribution in [0.5, 0.6) is 0 Å². The molecule has 1 aliphatic heterocycles. The summed E-state index contributed by atoms with van der Waals surface area (Å²) in [7, 11) is -3.61. The van der Waals surface area contributed by atoms with Crippen LogP contribution < -0.4 is 10.0 Å². The molecule has 0 bridgehead atoms. The van der Waals surface area contributed by atoms with Crippen molar-refractivity contribution in [2.24, 2.45) is 4.99 Å². The number of nitrogens with one attached hydrogen (secondary N) is 2. The SMILES string of the molecule is C[C@@H](OC(=O)CCCN=C1NS(=O)(=O)c2ccccc21)C(=O)Nc1ccccc1F. The van der Waals surface area contributed by atoms with Crippen LogP contribution in [-0.2, 0) is 24.3 Å². The van der Waals surface area contributed by atoms with E-state index in [1.54, 1.807) is 24.3 Å². The van der Waals surface area contributed by atoms with E-state index in [1.165, 1.54) is 31.2 Å².